The number of likely N-dealkylation sites (N-methyl/N-ethyl adjacent to an activating group) is 1. The molecule has 1 atom stereocenters. The number of rotatable bonds is 4. The van der Waals surface area contributed by atoms with Crippen LogP contribution in [0.1, 0.15) is 43.1 Å². The van der Waals surface area contributed by atoms with Crippen LogP contribution in [-0.4, -0.2) is 12.0 Å². The molecule has 2 rings (SSSR count). The summed E-state index contributed by atoms with van der Waals surface area (Å²) in [6, 6.07) is 6.56. The first kappa shape index (κ1) is 17.1. The zero-order valence-corrected chi connectivity index (χ0v) is 16.7. The van der Waals surface area contributed by atoms with Gasteiger partial charge in [0.2, 0.25) is 0 Å². The average Bonchev–Trinajstić information content (AvgIpc) is 2.85. The lowest BCUT2D eigenvalue weighted by Gasteiger charge is -2.18. The molecule has 0 fully saturated rings. The van der Waals surface area contributed by atoms with Gasteiger partial charge in [-0.2, -0.15) is 0 Å². The minimum Gasteiger partial charge on any atom is -0.313 e. The van der Waals surface area contributed by atoms with Crippen molar-refractivity contribution in [1.82, 2.24) is 10.3 Å². The fourth-order valence-corrected chi connectivity index (χ4v) is 4.47. The first-order valence-electron chi connectivity index (χ1n) is 6.88. The van der Waals surface area contributed by atoms with Gasteiger partial charge in [-0.25, -0.2) is 4.98 Å². The molecule has 5 heteroatoms. The highest BCUT2D eigenvalue weighted by Crippen LogP contribution is 2.31. The van der Waals surface area contributed by atoms with Gasteiger partial charge in [-0.1, -0.05) is 58.7 Å². The third-order valence-electron chi connectivity index (χ3n) is 3.39. The largest absolute Gasteiger partial charge is 0.313 e. The lowest BCUT2D eigenvalue weighted by Crippen LogP contribution is -2.19. The number of thiazole rings is 1. The van der Waals surface area contributed by atoms with E-state index in [4.69, 9.17) is 4.98 Å². The molecular formula is C16H20Br2N2S. The van der Waals surface area contributed by atoms with Gasteiger partial charge in [0, 0.05) is 32.2 Å². The van der Waals surface area contributed by atoms with E-state index in [9.17, 15) is 0 Å². The van der Waals surface area contributed by atoms with Gasteiger partial charge >= 0.3 is 0 Å². The highest BCUT2D eigenvalue weighted by molar-refractivity contribution is 9.11. The van der Waals surface area contributed by atoms with Crippen molar-refractivity contribution < 1.29 is 0 Å². The van der Waals surface area contributed by atoms with Crippen LogP contribution in [0.4, 0.5) is 0 Å². The van der Waals surface area contributed by atoms with Crippen LogP contribution in [0.2, 0.25) is 0 Å². The zero-order valence-electron chi connectivity index (χ0n) is 12.7. The smallest absolute Gasteiger partial charge is 0.0947 e. The molecule has 0 aliphatic heterocycles. The molecular weight excluding hydrogens is 412 g/mol. The van der Waals surface area contributed by atoms with Crippen molar-refractivity contribution in [1.29, 1.82) is 0 Å². The first-order chi connectivity index (χ1) is 9.81. The van der Waals surface area contributed by atoms with E-state index in [-0.39, 0.29) is 11.5 Å². The topological polar surface area (TPSA) is 24.9 Å². The summed E-state index contributed by atoms with van der Waals surface area (Å²) in [6.07, 6.45) is 0.900. The van der Waals surface area contributed by atoms with E-state index in [1.54, 1.807) is 11.3 Å². The molecule has 0 spiro atoms. The molecule has 1 N–H and O–H groups in total. The Labute approximate surface area is 147 Å². The highest BCUT2D eigenvalue weighted by atomic mass is 79.9. The Balaban J connectivity index is 2.21. The molecule has 0 bridgehead atoms. The Morgan fingerprint density at radius 1 is 1.29 bits per heavy atom. The normalized spacial score (nSPS) is 13.4. The van der Waals surface area contributed by atoms with Gasteiger partial charge in [0.25, 0.3) is 0 Å². The number of aromatic nitrogens is 1. The predicted molar refractivity (Wildman–Crippen MR) is 98.2 cm³/mol. The van der Waals surface area contributed by atoms with Crippen LogP contribution in [0.3, 0.4) is 0 Å². The Morgan fingerprint density at radius 2 is 2.00 bits per heavy atom. The van der Waals surface area contributed by atoms with E-state index in [0.29, 0.717) is 0 Å². The van der Waals surface area contributed by atoms with E-state index >= 15 is 0 Å². The monoisotopic (exact) mass is 430 g/mol. The van der Waals surface area contributed by atoms with Gasteiger partial charge in [0.05, 0.1) is 10.7 Å². The predicted octanol–water partition coefficient (Wildman–Crippen LogP) is 5.47. The quantitative estimate of drug-likeness (QED) is 0.694. The second-order valence-corrected chi connectivity index (χ2v) is 8.80. The van der Waals surface area contributed by atoms with Crippen LogP contribution in [0.25, 0.3) is 0 Å². The third kappa shape index (κ3) is 4.38. The molecule has 21 heavy (non-hydrogen) atoms. The Hall–Kier alpha value is -0.230. The summed E-state index contributed by atoms with van der Waals surface area (Å²) in [4.78, 5) is 4.80. The van der Waals surface area contributed by atoms with Gasteiger partial charge in [0.1, 0.15) is 0 Å². The molecule has 1 aromatic heterocycles. The molecule has 1 heterocycles. The van der Waals surface area contributed by atoms with Crippen molar-refractivity contribution in [2.45, 2.75) is 38.6 Å². The maximum Gasteiger partial charge on any atom is 0.0947 e. The van der Waals surface area contributed by atoms with Gasteiger partial charge in [-0.05, 0) is 24.7 Å². The molecule has 0 radical (unpaired) electrons. The number of hydrogen-bond acceptors (Lipinski definition) is 3. The van der Waals surface area contributed by atoms with Crippen LogP contribution in [0.5, 0.6) is 0 Å². The molecule has 2 nitrogen and oxygen atoms in total. The van der Waals surface area contributed by atoms with E-state index in [1.165, 1.54) is 16.3 Å². The number of benzene rings is 1. The van der Waals surface area contributed by atoms with Crippen molar-refractivity contribution in [3.8, 4) is 0 Å². The number of hydrogen-bond donors (Lipinski definition) is 1. The summed E-state index contributed by atoms with van der Waals surface area (Å²) in [7, 11) is 2.00. The molecule has 0 saturated heterocycles. The second kappa shape index (κ2) is 6.90. The number of nitrogens with one attached hydrogen (secondary N) is 1. The molecule has 2 aromatic rings. The maximum atomic E-state index is 4.80. The summed E-state index contributed by atoms with van der Waals surface area (Å²) < 4.78 is 2.20. The fraction of sp³-hybridized carbons (Fsp3) is 0.438. The molecule has 0 aliphatic rings. The van der Waals surface area contributed by atoms with Crippen LogP contribution >= 0.6 is 43.2 Å². The SMILES string of the molecule is CNC(Cc1nc(C(C)(C)C)cs1)c1ccc(Br)cc1Br. The zero-order chi connectivity index (χ0) is 15.6. The third-order valence-corrected chi connectivity index (χ3v) is 5.44. The molecule has 0 aliphatic carbocycles. The second-order valence-electron chi connectivity index (χ2n) is 6.09. The Bertz CT molecular complexity index is 617. The van der Waals surface area contributed by atoms with Gasteiger partial charge in [-0.3, -0.25) is 0 Å². The highest BCUT2D eigenvalue weighted by Gasteiger charge is 2.20. The summed E-state index contributed by atoms with van der Waals surface area (Å²) in [5.74, 6) is 0. The van der Waals surface area contributed by atoms with E-state index in [0.717, 1.165) is 15.4 Å². The summed E-state index contributed by atoms with van der Waals surface area (Å²) in [5.41, 5.74) is 2.54. The van der Waals surface area contributed by atoms with Gasteiger partial charge < -0.3 is 5.32 Å². The van der Waals surface area contributed by atoms with Gasteiger partial charge in [-0.15, -0.1) is 11.3 Å². The fourth-order valence-electron chi connectivity index (χ4n) is 2.08. The Morgan fingerprint density at radius 3 is 2.52 bits per heavy atom. The minimum absolute atomic E-state index is 0.113. The van der Waals surface area contributed by atoms with Crippen LogP contribution in [0.15, 0.2) is 32.5 Å². The lowest BCUT2D eigenvalue weighted by molar-refractivity contribution is 0.559. The van der Waals surface area contributed by atoms with Crippen molar-refractivity contribution >= 4 is 43.2 Å². The number of nitrogens with zero attached hydrogens (tertiary/aromatic N) is 1. The van der Waals surface area contributed by atoms with Gasteiger partial charge in [0.15, 0.2) is 0 Å². The molecule has 0 saturated carbocycles. The minimum atomic E-state index is 0.113. The van der Waals surface area contributed by atoms with E-state index in [2.05, 4.69) is 81.5 Å². The first-order valence-corrected chi connectivity index (χ1v) is 9.35. The van der Waals surface area contributed by atoms with Crippen LogP contribution in [-0.2, 0) is 11.8 Å². The van der Waals surface area contributed by atoms with Crippen molar-refractivity contribution in [2.24, 2.45) is 0 Å². The van der Waals surface area contributed by atoms with E-state index < -0.39 is 0 Å². The van der Waals surface area contributed by atoms with Crippen molar-refractivity contribution in [2.75, 3.05) is 7.05 Å². The molecule has 114 valence electrons. The number of halogens is 2. The summed E-state index contributed by atoms with van der Waals surface area (Å²) in [6.45, 7) is 6.60. The maximum absolute atomic E-state index is 4.80. The van der Waals surface area contributed by atoms with Crippen molar-refractivity contribution in [3.63, 3.8) is 0 Å². The summed E-state index contributed by atoms with van der Waals surface area (Å²) >= 11 is 8.90. The van der Waals surface area contributed by atoms with Crippen LogP contribution in [0, 0.1) is 0 Å². The molecule has 0 amide bonds. The summed E-state index contributed by atoms with van der Waals surface area (Å²) in [5, 5.41) is 6.75. The standard InChI is InChI=1S/C16H20Br2N2S/c1-16(2,3)14-9-21-15(20-14)8-13(19-4)11-6-5-10(17)7-12(11)18/h5-7,9,13,19H,8H2,1-4H3. The molecule has 1 unspecified atom stereocenters. The van der Waals surface area contributed by atoms with Crippen molar-refractivity contribution in [3.05, 3.63) is 48.8 Å². The van der Waals surface area contributed by atoms with Crippen LogP contribution < -0.4 is 5.32 Å². The average molecular weight is 432 g/mol. The Kier molecular flexibility index (Phi) is 5.63. The lowest BCUT2D eigenvalue weighted by atomic mass is 9.93. The van der Waals surface area contributed by atoms with E-state index in [1.807, 2.05) is 7.05 Å². The molecule has 1 aromatic carbocycles.